The second-order valence-corrected chi connectivity index (χ2v) is 0.801. The molecule has 2 N–H and O–H groups in total. The van der Waals surface area contributed by atoms with E-state index in [1.54, 1.807) is 0 Å². The summed E-state index contributed by atoms with van der Waals surface area (Å²) in [6.07, 6.45) is 1.06. The lowest BCUT2D eigenvalue weighted by Crippen LogP contribution is -2.09. The van der Waals surface area contributed by atoms with E-state index in [0.717, 1.165) is 6.08 Å². The van der Waals surface area contributed by atoms with Crippen LogP contribution in [0, 0.1) is 0 Å². The first-order valence-corrected chi connectivity index (χ1v) is 1.62. The van der Waals surface area contributed by atoms with Crippen molar-refractivity contribution < 1.29 is 9.59 Å². The van der Waals surface area contributed by atoms with Gasteiger partial charge in [-0.1, -0.05) is 0 Å². The zero-order chi connectivity index (χ0) is 5.70. The normalized spacial score (nSPS) is 7.00. The summed E-state index contributed by atoms with van der Waals surface area (Å²) in [5.74, 6) is -0.644. The van der Waals surface area contributed by atoms with E-state index in [-0.39, 0.29) is 6.54 Å². The monoisotopic (exact) mass is 100 g/mol. The Balaban J connectivity index is 3.58. The largest absolute Gasteiger partial charge is 0.322 e. The Morgan fingerprint density at radius 3 is 2.57 bits per heavy atom. The highest BCUT2D eigenvalue weighted by atomic mass is 16.2. The van der Waals surface area contributed by atoms with Crippen molar-refractivity contribution in [3.63, 3.8) is 0 Å². The van der Waals surface area contributed by atoms with Gasteiger partial charge in [-0.15, -0.1) is 4.99 Å². The zero-order valence-corrected chi connectivity index (χ0v) is 3.55. The van der Waals surface area contributed by atoms with Gasteiger partial charge in [0, 0.05) is 0 Å². The fourth-order valence-electron chi connectivity index (χ4n) is 0.0966. The summed E-state index contributed by atoms with van der Waals surface area (Å²) in [4.78, 5) is 21.7. The van der Waals surface area contributed by atoms with Gasteiger partial charge >= 0.3 is 0 Å². The molecule has 0 saturated heterocycles. The van der Waals surface area contributed by atoms with Gasteiger partial charge in [-0.25, -0.2) is 4.79 Å². The molecule has 7 heavy (non-hydrogen) atoms. The van der Waals surface area contributed by atoms with Gasteiger partial charge in [0.05, 0.1) is 6.54 Å². The minimum absolute atomic E-state index is 0.227. The Morgan fingerprint density at radius 1 is 1.86 bits per heavy atom. The van der Waals surface area contributed by atoms with Gasteiger partial charge in [0.15, 0.2) is 0 Å². The van der Waals surface area contributed by atoms with E-state index in [0.29, 0.717) is 0 Å². The van der Waals surface area contributed by atoms with E-state index in [4.69, 9.17) is 5.73 Å². The van der Waals surface area contributed by atoms with Crippen molar-refractivity contribution >= 4 is 12.0 Å². The van der Waals surface area contributed by atoms with Gasteiger partial charge < -0.3 is 5.73 Å². The van der Waals surface area contributed by atoms with Crippen LogP contribution in [-0.2, 0) is 9.59 Å². The molecule has 0 aliphatic carbocycles. The number of amides is 1. The molecule has 0 bridgehead atoms. The Kier molecular flexibility index (Phi) is 2.76. The van der Waals surface area contributed by atoms with E-state index in [1.807, 2.05) is 0 Å². The second kappa shape index (κ2) is 3.21. The van der Waals surface area contributed by atoms with Crippen molar-refractivity contribution in [3.8, 4) is 0 Å². The van der Waals surface area contributed by atoms with Crippen LogP contribution in [0.2, 0.25) is 0 Å². The number of isocyanates is 1. The molecule has 0 aromatic heterocycles. The summed E-state index contributed by atoms with van der Waals surface area (Å²) in [6.45, 7) is -0.227. The van der Waals surface area contributed by atoms with Crippen molar-refractivity contribution in [1.29, 1.82) is 0 Å². The van der Waals surface area contributed by atoms with Gasteiger partial charge in [-0.3, -0.25) is 4.79 Å². The molecule has 0 aromatic rings. The van der Waals surface area contributed by atoms with Gasteiger partial charge in [-0.2, -0.15) is 0 Å². The van der Waals surface area contributed by atoms with Gasteiger partial charge in [0.1, 0.15) is 0 Å². The number of nitrogens with zero attached hydrogens (tertiary/aromatic N) is 1. The zero-order valence-electron chi connectivity index (χ0n) is 3.55. The number of hydrogen-bond acceptors (Lipinski definition) is 3. The third-order valence-electron chi connectivity index (χ3n) is 0.345. The number of hydrogen-bond donors (Lipinski definition) is 1. The van der Waals surface area contributed by atoms with Crippen LogP contribution < -0.4 is 5.73 Å². The van der Waals surface area contributed by atoms with Crippen molar-refractivity contribution in [1.82, 2.24) is 0 Å². The molecule has 0 atom stereocenters. The summed E-state index contributed by atoms with van der Waals surface area (Å²) in [7, 11) is 0. The lowest BCUT2D eigenvalue weighted by molar-refractivity contribution is -0.116. The maximum absolute atomic E-state index is 9.86. The molecule has 0 rings (SSSR count). The SMILES string of the molecule is NCC(=O)N=C=O. The first-order valence-electron chi connectivity index (χ1n) is 1.62. The van der Waals surface area contributed by atoms with Crippen LogP contribution in [0.1, 0.15) is 0 Å². The molecular weight excluding hydrogens is 96.0 g/mol. The average molecular weight is 100 g/mol. The molecule has 4 nitrogen and oxygen atoms in total. The summed E-state index contributed by atoms with van der Waals surface area (Å²) in [5, 5.41) is 0. The highest BCUT2D eigenvalue weighted by molar-refractivity contribution is 5.82. The highest BCUT2D eigenvalue weighted by Crippen LogP contribution is 1.61. The number of aliphatic imine (C=N–C) groups is 1. The molecule has 4 heteroatoms. The fraction of sp³-hybridized carbons (Fsp3) is 0.333. The van der Waals surface area contributed by atoms with Gasteiger partial charge in [0.2, 0.25) is 6.08 Å². The predicted octanol–water partition coefficient (Wildman–Crippen LogP) is -1.19. The molecule has 0 spiro atoms. The molecular formula is C3H4N2O2. The standard InChI is InChI=1S/C3H4N2O2/c4-1-3(7)5-2-6/h1,4H2. The predicted molar refractivity (Wildman–Crippen MR) is 22.2 cm³/mol. The Bertz CT molecular complexity index is 114. The second-order valence-electron chi connectivity index (χ2n) is 0.801. The van der Waals surface area contributed by atoms with Gasteiger partial charge in [0.25, 0.3) is 5.91 Å². The highest BCUT2D eigenvalue weighted by Gasteiger charge is 1.87. The van der Waals surface area contributed by atoms with Crippen LogP contribution in [-0.4, -0.2) is 18.5 Å². The molecule has 0 heterocycles. The molecule has 0 aromatic carbocycles. The van der Waals surface area contributed by atoms with E-state index in [9.17, 15) is 9.59 Å². The smallest absolute Gasteiger partial charge is 0.270 e. The Labute approximate surface area is 40.0 Å². The molecule has 0 aliphatic rings. The quantitative estimate of drug-likeness (QED) is 0.332. The molecule has 0 fully saturated rings. The van der Waals surface area contributed by atoms with Crippen LogP contribution >= 0.6 is 0 Å². The maximum Gasteiger partial charge on any atom is 0.270 e. The summed E-state index contributed by atoms with van der Waals surface area (Å²) in [6, 6.07) is 0. The summed E-state index contributed by atoms with van der Waals surface area (Å²) < 4.78 is 0. The van der Waals surface area contributed by atoms with Crippen molar-refractivity contribution in [2.75, 3.05) is 6.54 Å². The summed E-state index contributed by atoms with van der Waals surface area (Å²) >= 11 is 0. The summed E-state index contributed by atoms with van der Waals surface area (Å²) in [5.41, 5.74) is 4.74. The van der Waals surface area contributed by atoms with Crippen LogP contribution in [0.5, 0.6) is 0 Å². The van der Waals surface area contributed by atoms with E-state index in [2.05, 4.69) is 4.99 Å². The first kappa shape index (κ1) is 6.01. The minimum Gasteiger partial charge on any atom is -0.322 e. The number of carbonyl (C=O) groups excluding carboxylic acids is 2. The van der Waals surface area contributed by atoms with Crippen molar-refractivity contribution in [2.45, 2.75) is 0 Å². The molecule has 0 unspecified atom stereocenters. The number of nitrogens with two attached hydrogens (primary N) is 1. The first-order chi connectivity index (χ1) is 3.31. The average Bonchev–Trinajstić information content (AvgIpc) is 1.68. The molecule has 0 aliphatic heterocycles. The maximum atomic E-state index is 9.86. The van der Waals surface area contributed by atoms with E-state index < -0.39 is 5.91 Å². The number of rotatable bonds is 1. The molecule has 38 valence electrons. The van der Waals surface area contributed by atoms with Crippen molar-refractivity contribution in [2.24, 2.45) is 10.7 Å². The Hall–Kier alpha value is -0.990. The topological polar surface area (TPSA) is 72.5 Å². The van der Waals surface area contributed by atoms with Crippen LogP contribution in [0.3, 0.4) is 0 Å². The third kappa shape index (κ3) is 2.82. The lowest BCUT2D eigenvalue weighted by atomic mass is 10.6. The molecule has 0 radical (unpaired) electrons. The minimum atomic E-state index is -0.644. The lowest BCUT2D eigenvalue weighted by Gasteiger charge is -1.74. The van der Waals surface area contributed by atoms with Crippen LogP contribution in [0.15, 0.2) is 4.99 Å². The van der Waals surface area contributed by atoms with Crippen molar-refractivity contribution in [3.05, 3.63) is 0 Å². The van der Waals surface area contributed by atoms with E-state index >= 15 is 0 Å². The molecule has 0 saturated carbocycles. The van der Waals surface area contributed by atoms with Crippen LogP contribution in [0.4, 0.5) is 0 Å². The molecule has 1 amide bonds. The third-order valence-corrected chi connectivity index (χ3v) is 0.345. The fourth-order valence-corrected chi connectivity index (χ4v) is 0.0966. The van der Waals surface area contributed by atoms with Crippen LogP contribution in [0.25, 0.3) is 0 Å². The van der Waals surface area contributed by atoms with E-state index in [1.165, 1.54) is 0 Å². The van der Waals surface area contributed by atoms with Gasteiger partial charge in [-0.05, 0) is 0 Å². The Morgan fingerprint density at radius 2 is 2.43 bits per heavy atom. The number of carbonyl (C=O) groups is 1.